The first-order valence-corrected chi connectivity index (χ1v) is 7.56. The van der Waals surface area contributed by atoms with E-state index in [0.29, 0.717) is 11.9 Å². The standard InChI is InChI=1S/C14H27N3O2/c15-14(17-7-2-1-3-8-17)16-6-4-9-18-11-13-5-10-19-12-13/h13H,1-12H2,(H2,15,16). The first kappa shape index (κ1) is 14.6. The zero-order valence-corrected chi connectivity index (χ0v) is 11.9. The summed E-state index contributed by atoms with van der Waals surface area (Å²) in [4.78, 5) is 6.63. The van der Waals surface area contributed by atoms with Crippen LogP contribution in [0, 0.1) is 5.92 Å². The van der Waals surface area contributed by atoms with Gasteiger partial charge in [-0.2, -0.15) is 0 Å². The van der Waals surface area contributed by atoms with Gasteiger partial charge in [0.05, 0.1) is 13.2 Å². The van der Waals surface area contributed by atoms with Crippen molar-refractivity contribution in [2.75, 3.05) is 46.1 Å². The Kier molecular flexibility index (Phi) is 6.44. The monoisotopic (exact) mass is 269 g/mol. The molecule has 5 nitrogen and oxygen atoms in total. The van der Waals surface area contributed by atoms with E-state index in [1.165, 1.54) is 19.3 Å². The number of rotatable bonds is 6. The van der Waals surface area contributed by atoms with Crippen LogP contribution in [-0.4, -0.2) is 56.9 Å². The molecule has 1 atom stereocenters. The molecule has 0 spiro atoms. The summed E-state index contributed by atoms with van der Waals surface area (Å²) in [5.74, 6) is 1.31. The molecule has 2 saturated heterocycles. The van der Waals surface area contributed by atoms with E-state index >= 15 is 0 Å². The highest BCUT2D eigenvalue weighted by Crippen LogP contribution is 2.12. The molecule has 1 unspecified atom stereocenters. The molecule has 2 aliphatic rings. The average Bonchev–Trinajstić information content (AvgIpc) is 2.96. The Balaban J connectivity index is 1.50. The molecule has 0 amide bonds. The SMILES string of the molecule is NC(=NCCCOCC1CCOC1)N1CCCCC1. The van der Waals surface area contributed by atoms with E-state index in [4.69, 9.17) is 15.2 Å². The van der Waals surface area contributed by atoms with Gasteiger partial charge in [0, 0.05) is 38.8 Å². The minimum Gasteiger partial charge on any atom is -0.381 e. The average molecular weight is 269 g/mol. The van der Waals surface area contributed by atoms with Gasteiger partial charge in [0.25, 0.3) is 0 Å². The molecule has 5 heteroatoms. The van der Waals surface area contributed by atoms with Crippen molar-refractivity contribution < 1.29 is 9.47 Å². The van der Waals surface area contributed by atoms with E-state index in [1.807, 2.05) is 0 Å². The van der Waals surface area contributed by atoms with Gasteiger partial charge in [0.1, 0.15) is 0 Å². The van der Waals surface area contributed by atoms with Gasteiger partial charge in [-0.3, -0.25) is 4.99 Å². The maximum absolute atomic E-state index is 5.98. The van der Waals surface area contributed by atoms with Crippen molar-refractivity contribution in [2.45, 2.75) is 32.1 Å². The van der Waals surface area contributed by atoms with Crippen molar-refractivity contribution in [3.8, 4) is 0 Å². The smallest absolute Gasteiger partial charge is 0.191 e. The van der Waals surface area contributed by atoms with Crippen LogP contribution in [0.3, 0.4) is 0 Å². The number of guanidine groups is 1. The molecule has 0 radical (unpaired) electrons. The Morgan fingerprint density at radius 3 is 2.89 bits per heavy atom. The number of nitrogens with two attached hydrogens (primary N) is 1. The number of nitrogens with zero attached hydrogens (tertiary/aromatic N) is 2. The van der Waals surface area contributed by atoms with Crippen LogP contribution >= 0.6 is 0 Å². The first-order valence-electron chi connectivity index (χ1n) is 7.56. The summed E-state index contributed by atoms with van der Waals surface area (Å²) in [6.45, 7) is 6.24. The summed E-state index contributed by atoms with van der Waals surface area (Å²) in [6.07, 6.45) is 5.89. The lowest BCUT2D eigenvalue weighted by molar-refractivity contribution is 0.0893. The van der Waals surface area contributed by atoms with Crippen molar-refractivity contribution in [1.82, 2.24) is 4.90 Å². The molecule has 2 heterocycles. The zero-order chi connectivity index (χ0) is 13.3. The van der Waals surface area contributed by atoms with Crippen molar-refractivity contribution >= 4 is 5.96 Å². The maximum atomic E-state index is 5.98. The molecular formula is C14H27N3O2. The van der Waals surface area contributed by atoms with E-state index < -0.39 is 0 Å². The summed E-state index contributed by atoms with van der Waals surface area (Å²) >= 11 is 0. The minimum atomic E-state index is 0.599. The van der Waals surface area contributed by atoms with Crippen molar-refractivity contribution in [2.24, 2.45) is 16.6 Å². The summed E-state index contributed by atoms with van der Waals surface area (Å²) in [6, 6.07) is 0. The van der Waals surface area contributed by atoms with Gasteiger partial charge in [-0.25, -0.2) is 0 Å². The Morgan fingerprint density at radius 1 is 1.32 bits per heavy atom. The van der Waals surface area contributed by atoms with Gasteiger partial charge in [-0.05, 0) is 32.1 Å². The third-order valence-corrected chi connectivity index (χ3v) is 3.78. The highest BCUT2D eigenvalue weighted by Gasteiger charge is 2.15. The van der Waals surface area contributed by atoms with E-state index in [0.717, 1.165) is 58.9 Å². The number of hydrogen-bond acceptors (Lipinski definition) is 3. The van der Waals surface area contributed by atoms with Crippen molar-refractivity contribution in [3.05, 3.63) is 0 Å². The second kappa shape index (κ2) is 8.38. The summed E-state index contributed by atoms with van der Waals surface area (Å²) < 4.78 is 11.0. The Morgan fingerprint density at radius 2 is 2.16 bits per heavy atom. The molecular weight excluding hydrogens is 242 g/mol. The van der Waals surface area contributed by atoms with Gasteiger partial charge < -0.3 is 20.1 Å². The topological polar surface area (TPSA) is 60.1 Å². The first-order chi connectivity index (χ1) is 9.36. The Bertz CT molecular complexity index is 272. The fourth-order valence-electron chi connectivity index (χ4n) is 2.55. The highest BCUT2D eigenvalue weighted by atomic mass is 16.5. The molecule has 0 aromatic heterocycles. The number of likely N-dealkylation sites (tertiary alicyclic amines) is 1. The summed E-state index contributed by atoms with van der Waals surface area (Å²) in [5, 5.41) is 0. The number of aliphatic imine (C=N–C) groups is 1. The van der Waals surface area contributed by atoms with E-state index in [2.05, 4.69) is 9.89 Å². The minimum absolute atomic E-state index is 0.599. The molecule has 2 fully saturated rings. The van der Waals surface area contributed by atoms with Gasteiger partial charge in [-0.15, -0.1) is 0 Å². The Labute approximate surface area is 116 Å². The third kappa shape index (κ3) is 5.37. The van der Waals surface area contributed by atoms with Crippen LogP contribution in [0.4, 0.5) is 0 Å². The van der Waals surface area contributed by atoms with Crippen LogP contribution in [0.15, 0.2) is 4.99 Å². The molecule has 0 aromatic rings. The van der Waals surface area contributed by atoms with Gasteiger partial charge >= 0.3 is 0 Å². The second-order valence-electron chi connectivity index (χ2n) is 5.45. The molecule has 2 rings (SSSR count). The van der Waals surface area contributed by atoms with Crippen LogP contribution in [0.5, 0.6) is 0 Å². The maximum Gasteiger partial charge on any atom is 0.191 e. The van der Waals surface area contributed by atoms with Gasteiger partial charge in [0.15, 0.2) is 5.96 Å². The summed E-state index contributed by atoms with van der Waals surface area (Å²) in [7, 11) is 0. The molecule has 19 heavy (non-hydrogen) atoms. The number of hydrogen-bond donors (Lipinski definition) is 1. The van der Waals surface area contributed by atoms with Crippen LogP contribution in [0.2, 0.25) is 0 Å². The summed E-state index contributed by atoms with van der Waals surface area (Å²) in [5.41, 5.74) is 5.98. The Hall–Kier alpha value is -0.810. The zero-order valence-electron chi connectivity index (χ0n) is 11.9. The van der Waals surface area contributed by atoms with Gasteiger partial charge in [-0.1, -0.05) is 0 Å². The molecule has 0 aromatic carbocycles. The van der Waals surface area contributed by atoms with Gasteiger partial charge in [0.2, 0.25) is 0 Å². The van der Waals surface area contributed by atoms with Crippen molar-refractivity contribution in [3.63, 3.8) is 0 Å². The molecule has 110 valence electrons. The van der Waals surface area contributed by atoms with E-state index in [1.54, 1.807) is 0 Å². The lowest BCUT2D eigenvalue weighted by atomic mass is 10.1. The largest absolute Gasteiger partial charge is 0.381 e. The third-order valence-electron chi connectivity index (χ3n) is 3.78. The quantitative estimate of drug-likeness (QED) is 0.447. The number of ether oxygens (including phenoxy) is 2. The molecule has 2 aliphatic heterocycles. The molecule has 0 saturated carbocycles. The van der Waals surface area contributed by atoms with Crippen LogP contribution in [0.1, 0.15) is 32.1 Å². The predicted molar refractivity (Wildman–Crippen MR) is 76.3 cm³/mol. The van der Waals surface area contributed by atoms with Crippen LogP contribution in [0.25, 0.3) is 0 Å². The lowest BCUT2D eigenvalue weighted by Gasteiger charge is -2.27. The highest BCUT2D eigenvalue weighted by molar-refractivity contribution is 5.78. The fraction of sp³-hybridized carbons (Fsp3) is 0.929. The molecule has 0 bridgehead atoms. The van der Waals surface area contributed by atoms with E-state index in [-0.39, 0.29) is 0 Å². The normalized spacial score (nSPS) is 24.9. The lowest BCUT2D eigenvalue weighted by Crippen LogP contribution is -2.40. The van der Waals surface area contributed by atoms with E-state index in [9.17, 15) is 0 Å². The van der Waals surface area contributed by atoms with Crippen LogP contribution < -0.4 is 5.73 Å². The molecule has 0 aliphatic carbocycles. The van der Waals surface area contributed by atoms with Crippen LogP contribution in [-0.2, 0) is 9.47 Å². The second-order valence-corrected chi connectivity index (χ2v) is 5.45. The van der Waals surface area contributed by atoms with Crippen molar-refractivity contribution in [1.29, 1.82) is 0 Å². The fourth-order valence-corrected chi connectivity index (χ4v) is 2.55. The molecule has 2 N–H and O–H groups in total. The number of piperidine rings is 1. The predicted octanol–water partition coefficient (Wildman–Crippen LogP) is 1.23.